The predicted octanol–water partition coefficient (Wildman–Crippen LogP) is 3.60. The molecule has 1 aromatic heterocycles. The van der Waals surface area contributed by atoms with Gasteiger partial charge in [0.15, 0.2) is 0 Å². The second-order valence-corrected chi connectivity index (χ2v) is 5.63. The first-order valence-electron chi connectivity index (χ1n) is 6.36. The largest absolute Gasteiger partial charge is 0.369 e. The molecule has 98 valence electrons. The van der Waals surface area contributed by atoms with Gasteiger partial charge in [-0.15, -0.1) is 11.3 Å². The first kappa shape index (κ1) is 14.6. The van der Waals surface area contributed by atoms with E-state index >= 15 is 0 Å². The van der Waals surface area contributed by atoms with Crippen LogP contribution in [-0.4, -0.2) is 11.6 Å². The molecule has 0 saturated heterocycles. The summed E-state index contributed by atoms with van der Waals surface area (Å²) in [6.07, 6.45) is 3.34. The van der Waals surface area contributed by atoms with Gasteiger partial charge in [-0.2, -0.15) is 0 Å². The lowest BCUT2D eigenvalue weighted by Gasteiger charge is -2.21. The van der Waals surface area contributed by atoms with Crippen LogP contribution >= 0.6 is 11.3 Å². The second kappa shape index (κ2) is 6.47. The van der Waals surface area contributed by atoms with Crippen molar-refractivity contribution in [2.45, 2.75) is 58.6 Å². The van der Waals surface area contributed by atoms with E-state index in [-0.39, 0.29) is 11.6 Å². The van der Waals surface area contributed by atoms with Gasteiger partial charge in [0.05, 0.1) is 5.69 Å². The Balaban J connectivity index is 2.70. The average Bonchev–Trinajstić information content (AvgIpc) is 2.75. The minimum absolute atomic E-state index is 0.0670. The van der Waals surface area contributed by atoms with Gasteiger partial charge in [0.25, 0.3) is 0 Å². The molecule has 2 N–H and O–H groups in total. The van der Waals surface area contributed by atoms with Gasteiger partial charge in [0, 0.05) is 18.0 Å². The minimum atomic E-state index is -0.303. The first-order valence-corrected chi connectivity index (χ1v) is 7.24. The number of ether oxygens (including phenoxy) is 1. The standard InChI is InChI=1S/C13H24N2OS/c1-5-7-8-10(14)11-9-17-12(15-11)13(3,4)16-6-2/h9-10H,5-8,14H2,1-4H3. The molecule has 0 radical (unpaired) electrons. The molecule has 0 fully saturated rings. The van der Waals surface area contributed by atoms with Crippen LogP contribution in [0.3, 0.4) is 0 Å². The summed E-state index contributed by atoms with van der Waals surface area (Å²) in [6, 6.07) is 0.0670. The number of thiazole rings is 1. The Morgan fingerprint density at radius 2 is 2.18 bits per heavy atom. The summed E-state index contributed by atoms with van der Waals surface area (Å²) in [7, 11) is 0. The normalized spacial score (nSPS) is 13.9. The smallest absolute Gasteiger partial charge is 0.124 e. The third-order valence-corrected chi connectivity index (χ3v) is 3.96. The van der Waals surface area contributed by atoms with E-state index in [4.69, 9.17) is 10.5 Å². The highest BCUT2D eigenvalue weighted by atomic mass is 32.1. The highest BCUT2D eigenvalue weighted by Gasteiger charge is 2.25. The lowest BCUT2D eigenvalue weighted by Crippen LogP contribution is -2.21. The van der Waals surface area contributed by atoms with Crippen molar-refractivity contribution in [3.05, 3.63) is 16.1 Å². The van der Waals surface area contributed by atoms with Crippen molar-refractivity contribution < 1.29 is 4.74 Å². The van der Waals surface area contributed by atoms with Gasteiger partial charge in [0.1, 0.15) is 10.6 Å². The molecule has 0 aliphatic carbocycles. The van der Waals surface area contributed by atoms with Gasteiger partial charge in [-0.1, -0.05) is 19.8 Å². The van der Waals surface area contributed by atoms with Crippen LogP contribution in [-0.2, 0) is 10.3 Å². The molecule has 1 heterocycles. The van der Waals surface area contributed by atoms with E-state index in [2.05, 4.69) is 31.1 Å². The van der Waals surface area contributed by atoms with Crippen LogP contribution in [0.15, 0.2) is 5.38 Å². The van der Waals surface area contributed by atoms with Crippen molar-refractivity contribution in [3.8, 4) is 0 Å². The molecule has 0 saturated carbocycles. The van der Waals surface area contributed by atoms with E-state index in [1.807, 2.05) is 6.92 Å². The van der Waals surface area contributed by atoms with Crippen molar-refractivity contribution in [1.82, 2.24) is 4.98 Å². The zero-order valence-corrected chi connectivity index (χ0v) is 12.1. The molecule has 0 aromatic carbocycles. The number of hydrogen-bond acceptors (Lipinski definition) is 4. The SMILES string of the molecule is CCCCC(N)c1csc(C(C)(C)OCC)n1. The maximum Gasteiger partial charge on any atom is 0.124 e. The Labute approximate surface area is 108 Å². The van der Waals surface area contributed by atoms with Crippen LogP contribution < -0.4 is 5.73 Å². The fourth-order valence-corrected chi connectivity index (χ4v) is 2.69. The third kappa shape index (κ3) is 4.05. The molecule has 3 nitrogen and oxygen atoms in total. The molecule has 1 aromatic rings. The fourth-order valence-electron chi connectivity index (χ4n) is 1.73. The first-order chi connectivity index (χ1) is 8.01. The van der Waals surface area contributed by atoms with Gasteiger partial charge in [-0.25, -0.2) is 4.98 Å². The Hall–Kier alpha value is -0.450. The molecule has 0 bridgehead atoms. The van der Waals surface area contributed by atoms with Crippen LogP contribution in [0.5, 0.6) is 0 Å². The Morgan fingerprint density at radius 3 is 2.76 bits per heavy atom. The molecule has 1 unspecified atom stereocenters. The average molecular weight is 256 g/mol. The van der Waals surface area contributed by atoms with Gasteiger partial charge >= 0.3 is 0 Å². The van der Waals surface area contributed by atoms with E-state index in [1.165, 1.54) is 6.42 Å². The number of nitrogens with zero attached hydrogens (tertiary/aromatic N) is 1. The highest BCUT2D eigenvalue weighted by Crippen LogP contribution is 2.29. The Bertz CT molecular complexity index is 336. The van der Waals surface area contributed by atoms with Gasteiger partial charge < -0.3 is 10.5 Å². The monoisotopic (exact) mass is 256 g/mol. The topological polar surface area (TPSA) is 48.1 Å². The zero-order valence-electron chi connectivity index (χ0n) is 11.3. The molecular formula is C13H24N2OS. The number of unbranched alkanes of at least 4 members (excludes halogenated alkanes) is 1. The predicted molar refractivity (Wildman–Crippen MR) is 73.2 cm³/mol. The van der Waals surface area contributed by atoms with Crippen LogP contribution in [0.2, 0.25) is 0 Å². The summed E-state index contributed by atoms with van der Waals surface area (Å²) in [5.41, 5.74) is 6.82. The van der Waals surface area contributed by atoms with Crippen molar-refractivity contribution in [2.75, 3.05) is 6.61 Å². The highest BCUT2D eigenvalue weighted by molar-refractivity contribution is 7.09. The van der Waals surface area contributed by atoms with Crippen molar-refractivity contribution in [1.29, 1.82) is 0 Å². The van der Waals surface area contributed by atoms with Crippen LogP contribution in [0.1, 0.15) is 63.7 Å². The summed E-state index contributed by atoms with van der Waals surface area (Å²) in [4.78, 5) is 4.62. The van der Waals surface area contributed by atoms with Gasteiger partial charge in [-0.05, 0) is 27.2 Å². The Morgan fingerprint density at radius 1 is 1.47 bits per heavy atom. The molecule has 0 aliphatic heterocycles. The summed E-state index contributed by atoms with van der Waals surface area (Å²) in [6.45, 7) is 8.98. The van der Waals surface area contributed by atoms with E-state index in [1.54, 1.807) is 11.3 Å². The molecule has 0 spiro atoms. The van der Waals surface area contributed by atoms with Crippen LogP contribution in [0, 0.1) is 0 Å². The molecule has 1 rings (SSSR count). The van der Waals surface area contributed by atoms with Crippen molar-refractivity contribution in [2.24, 2.45) is 5.73 Å². The molecule has 17 heavy (non-hydrogen) atoms. The van der Waals surface area contributed by atoms with Gasteiger partial charge in [-0.3, -0.25) is 0 Å². The van der Waals surface area contributed by atoms with E-state index in [0.29, 0.717) is 6.61 Å². The molecule has 0 amide bonds. The number of rotatable bonds is 7. The second-order valence-electron chi connectivity index (χ2n) is 4.77. The quantitative estimate of drug-likeness (QED) is 0.810. The van der Waals surface area contributed by atoms with E-state index in [9.17, 15) is 0 Å². The van der Waals surface area contributed by atoms with Gasteiger partial charge in [0.2, 0.25) is 0 Å². The molecular weight excluding hydrogens is 232 g/mol. The number of aromatic nitrogens is 1. The summed E-state index contributed by atoms with van der Waals surface area (Å²) in [5, 5.41) is 3.08. The lowest BCUT2D eigenvalue weighted by atomic mass is 10.1. The maximum atomic E-state index is 6.11. The minimum Gasteiger partial charge on any atom is -0.369 e. The van der Waals surface area contributed by atoms with E-state index < -0.39 is 0 Å². The maximum absolute atomic E-state index is 6.11. The van der Waals surface area contributed by atoms with Crippen LogP contribution in [0.4, 0.5) is 0 Å². The summed E-state index contributed by atoms with van der Waals surface area (Å²) in [5.74, 6) is 0. The third-order valence-electron chi connectivity index (χ3n) is 2.79. The molecule has 0 aliphatic rings. The van der Waals surface area contributed by atoms with Crippen molar-refractivity contribution >= 4 is 11.3 Å². The number of nitrogens with two attached hydrogens (primary N) is 1. The summed E-state index contributed by atoms with van der Waals surface area (Å²) < 4.78 is 5.70. The van der Waals surface area contributed by atoms with E-state index in [0.717, 1.165) is 23.5 Å². The lowest BCUT2D eigenvalue weighted by molar-refractivity contribution is -0.0142. The van der Waals surface area contributed by atoms with Crippen molar-refractivity contribution in [3.63, 3.8) is 0 Å². The Kier molecular flexibility index (Phi) is 5.56. The molecule has 1 atom stereocenters. The fraction of sp³-hybridized carbons (Fsp3) is 0.769. The molecule has 4 heteroatoms. The van der Waals surface area contributed by atoms with Crippen LogP contribution in [0.25, 0.3) is 0 Å². The number of hydrogen-bond donors (Lipinski definition) is 1. The zero-order chi connectivity index (χ0) is 12.9. The summed E-state index contributed by atoms with van der Waals surface area (Å²) >= 11 is 1.64.